The van der Waals surface area contributed by atoms with Crippen LogP contribution in [0.4, 0.5) is 5.69 Å². The fourth-order valence-electron chi connectivity index (χ4n) is 2.44. The number of carbonyl (C=O) groups is 1. The molecule has 0 saturated carbocycles. The standard InChI is InChI=1S/C19H22BrNOS/c1-11-6-7-17(16(20)8-11)21-18(22)10-23-19-14(4)12(2)9-13(3)15(19)5/h6-9H,10H2,1-5H3,(H,21,22). The summed E-state index contributed by atoms with van der Waals surface area (Å²) in [5, 5.41) is 2.97. The molecule has 23 heavy (non-hydrogen) atoms. The molecular weight excluding hydrogens is 370 g/mol. The van der Waals surface area contributed by atoms with Gasteiger partial charge in [0.25, 0.3) is 0 Å². The predicted molar refractivity (Wildman–Crippen MR) is 104 cm³/mol. The smallest absolute Gasteiger partial charge is 0.234 e. The van der Waals surface area contributed by atoms with E-state index in [1.54, 1.807) is 11.8 Å². The van der Waals surface area contributed by atoms with Crippen LogP contribution in [0.15, 0.2) is 33.6 Å². The molecule has 0 fully saturated rings. The second-order valence-corrected chi connectivity index (χ2v) is 7.75. The average Bonchev–Trinajstić information content (AvgIpc) is 2.48. The Morgan fingerprint density at radius 2 is 1.65 bits per heavy atom. The maximum Gasteiger partial charge on any atom is 0.234 e. The van der Waals surface area contributed by atoms with E-state index < -0.39 is 0 Å². The van der Waals surface area contributed by atoms with E-state index in [1.807, 2.05) is 25.1 Å². The number of halogens is 1. The number of carbonyl (C=O) groups excluding carboxylic acids is 1. The molecule has 0 aliphatic carbocycles. The Hall–Kier alpha value is -1.26. The van der Waals surface area contributed by atoms with E-state index in [2.05, 4.69) is 55.0 Å². The molecule has 2 rings (SSSR count). The van der Waals surface area contributed by atoms with Gasteiger partial charge in [-0.1, -0.05) is 12.1 Å². The maximum atomic E-state index is 12.3. The summed E-state index contributed by atoms with van der Waals surface area (Å²) in [5.74, 6) is 0.419. The summed E-state index contributed by atoms with van der Waals surface area (Å²) in [5.41, 5.74) is 7.06. The number of hydrogen-bond acceptors (Lipinski definition) is 2. The van der Waals surface area contributed by atoms with Crippen LogP contribution in [-0.2, 0) is 4.79 Å². The molecule has 122 valence electrons. The van der Waals surface area contributed by atoms with Gasteiger partial charge >= 0.3 is 0 Å². The minimum atomic E-state index is 0.0116. The molecule has 0 bridgehead atoms. The summed E-state index contributed by atoms with van der Waals surface area (Å²) in [6.45, 7) is 10.5. The highest BCUT2D eigenvalue weighted by Crippen LogP contribution is 2.31. The summed E-state index contributed by atoms with van der Waals surface area (Å²) in [6, 6.07) is 8.13. The Morgan fingerprint density at radius 3 is 2.22 bits per heavy atom. The first-order chi connectivity index (χ1) is 10.8. The van der Waals surface area contributed by atoms with Crippen LogP contribution in [0.1, 0.15) is 27.8 Å². The molecule has 0 spiro atoms. The minimum absolute atomic E-state index is 0.0116. The van der Waals surface area contributed by atoms with Gasteiger partial charge in [0.05, 0.1) is 11.4 Å². The van der Waals surface area contributed by atoms with Crippen molar-refractivity contribution < 1.29 is 4.79 Å². The van der Waals surface area contributed by atoms with Crippen LogP contribution in [0, 0.1) is 34.6 Å². The number of hydrogen-bond donors (Lipinski definition) is 1. The van der Waals surface area contributed by atoms with Crippen molar-refractivity contribution in [3.05, 3.63) is 56.6 Å². The zero-order valence-corrected chi connectivity index (χ0v) is 16.6. The van der Waals surface area contributed by atoms with E-state index in [-0.39, 0.29) is 5.91 Å². The maximum absolute atomic E-state index is 12.3. The van der Waals surface area contributed by atoms with Crippen molar-refractivity contribution in [1.82, 2.24) is 0 Å². The lowest BCUT2D eigenvalue weighted by molar-refractivity contribution is -0.113. The van der Waals surface area contributed by atoms with Crippen LogP contribution in [0.25, 0.3) is 0 Å². The molecule has 2 nitrogen and oxygen atoms in total. The number of thioether (sulfide) groups is 1. The van der Waals surface area contributed by atoms with Gasteiger partial charge in [-0.3, -0.25) is 4.79 Å². The highest BCUT2D eigenvalue weighted by atomic mass is 79.9. The predicted octanol–water partition coefficient (Wildman–Crippen LogP) is 5.72. The topological polar surface area (TPSA) is 29.1 Å². The van der Waals surface area contributed by atoms with Gasteiger partial charge in [-0.25, -0.2) is 0 Å². The summed E-state index contributed by atoms with van der Waals surface area (Å²) < 4.78 is 0.912. The van der Waals surface area contributed by atoms with Gasteiger partial charge in [0.2, 0.25) is 5.91 Å². The van der Waals surface area contributed by atoms with Crippen molar-refractivity contribution in [2.45, 2.75) is 39.5 Å². The fraction of sp³-hybridized carbons (Fsp3) is 0.316. The Kier molecular flexibility index (Phi) is 5.93. The van der Waals surface area contributed by atoms with Gasteiger partial charge in [0, 0.05) is 9.37 Å². The van der Waals surface area contributed by atoms with Gasteiger partial charge in [-0.05, 0) is 90.5 Å². The van der Waals surface area contributed by atoms with Gasteiger partial charge < -0.3 is 5.32 Å². The molecule has 0 heterocycles. The molecule has 0 saturated heterocycles. The van der Waals surface area contributed by atoms with Crippen LogP contribution in [0.5, 0.6) is 0 Å². The van der Waals surface area contributed by atoms with Crippen molar-refractivity contribution in [2.24, 2.45) is 0 Å². The molecule has 0 aliphatic heterocycles. The van der Waals surface area contributed by atoms with Crippen LogP contribution < -0.4 is 5.32 Å². The van der Waals surface area contributed by atoms with Gasteiger partial charge in [0.15, 0.2) is 0 Å². The van der Waals surface area contributed by atoms with E-state index in [1.165, 1.54) is 27.1 Å². The lowest BCUT2D eigenvalue weighted by atomic mass is 10.0. The molecule has 1 N–H and O–H groups in total. The number of rotatable bonds is 4. The van der Waals surface area contributed by atoms with Crippen LogP contribution in [0.2, 0.25) is 0 Å². The second kappa shape index (κ2) is 7.54. The van der Waals surface area contributed by atoms with Crippen LogP contribution in [-0.4, -0.2) is 11.7 Å². The molecule has 4 heteroatoms. The van der Waals surface area contributed by atoms with Gasteiger partial charge in [0.1, 0.15) is 0 Å². The van der Waals surface area contributed by atoms with Crippen LogP contribution >= 0.6 is 27.7 Å². The first-order valence-electron chi connectivity index (χ1n) is 7.55. The third-order valence-electron chi connectivity index (χ3n) is 4.04. The van der Waals surface area contributed by atoms with E-state index in [9.17, 15) is 4.79 Å². The Bertz CT molecular complexity index is 729. The van der Waals surface area contributed by atoms with E-state index >= 15 is 0 Å². The summed E-state index contributed by atoms with van der Waals surface area (Å²) >= 11 is 5.10. The molecule has 2 aromatic rings. The third-order valence-corrected chi connectivity index (χ3v) is 6.01. The number of nitrogens with one attached hydrogen (secondary N) is 1. The molecule has 0 unspecified atom stereocenters. The zero-order valence-electron chi connectivity index (χ0n) is 14.2. The molecule has 1 amide bonds. The quantitative estimate of drug-likeness (QED) is 0.674. The Balaban J connectivity index is 2.08. The zero-order chi connectivity index (χ0) is 17.1. The first-order valence-corrected chi connectivity index (χ1v) is 9.33. The largest absolute Gasteiger partial charge is 0.324 e. The monoisotopic (exact) mass is 391 g/mol. The number of aryl methyl sites for hydroxylation is 3. The summed E-state index contributed by atoms with van der Waals surface area (Å²) in [6.07, 6.45) is 0. The van der Waals surface area contributed by atoms with Gasteiger partial charge in [-0.2, -0.15) is 0 Å². The van der Waals surface area contributed by atoms with Crippen LogP contribution in [0.3, 0.4) is 0 Å². The lowest BCUT2D eigenvalue weighted by Crippen LogP contribution is -2.14. The summed E-state index contributed by atoms with van der Waals surface area (Å²) in [4.78, 5) is 13.5. The van der Waals surface area contributed by atoms with Crippen molar-refractivity contribution in [1.29, 1.82) is 0 Å². The third kappa shape index (κ3) is 4.39. The van der Waals surface area contributed by atoms with Crippen molar-refractivity contribution >= 4 is 39.3 Å². The number of anilines is 1. The van der Waals surface area contributed by atoms with Crippen molar-refractivity contribution in [2.75, 3.05) is 11.1 Å². The first kappa shape index (κ1) is 18.1. The molecule has 0 radical (unpaired) electrons. The molecule has 0 aliphatic rings. The highest BCUT2D eigenvalue weighted by Gasteiger charge is 2.12. The van der Waals surface area contributed by atoms with Crippen molar-refractivity contribution in [3.63, 3.8) is 0 Å². The second-order valence-electron chi connectivity index (χ2n) is 5.91. The number of amides is 1. The molecule has 2 aromatic carbocycles. The minimum Gasteiger partial charge on any atom is -0.324 e. The average molecular weight is 392 g/mol. The number of benzene rings is 2. The Labute approximate surface area is 151 Å². The summed E-state index contributed by atoms with van der Waals surface area (Å²) in [7, 11) is 0. The van der Waals surface area contributed by atoms with Crippen molar-refractivity contribution in [3.8, 4) is 0 Å². The SMILES string of the molecule is Cc1ccc(NC(=O)CSc2c(C)c(C)cc(C)c2C)c(Br)c1. The highest BCUT2D eigenvalue weighted by molar-refractivity contribution is 9.10. The lowest BCUT2D eigenvalue weighted by Gasteiger charge is -2.15. The van der Waals surface area contributed by atoms with E-state index in [0.29, 0.717) is 5.75 Å². The van der Waals surface area contributed by atoms with E-state index in [4.69, 9.17) is 0 Å². The molecule has 0 aromatic heterocycles. The fourth-order valence-corrected chi connectivity index (χ4v) is 4.14. The van der Waals surface area contributed by atoms with E-state index in [0.717, 1.165) is 15.7 Å². The molecule has 0 atom stereocenters. The van der Waals surface area contributed by atoms with Gasteiger partial charge in [-0.15, -0.1) is 11.8 Å². The molecular formula is C19H22BrNOS. The Morgan fingerprint density at radius 1 is 1.04 bits per heavy atom. The normalized spacial score (nSPS) is 10.7.